The molecule has 7 heteroatoms. The fourth-order valence-electron chi connectivity index (χ4n) is 2.32. The minimum Gasteiger partial charge on any atom is -0.454 e. The van der Waals surface area contributed by atoms with Crippen molar-refractivity contribution < 1.29 is 19.0 Å². The predicted molar refractivity (Wildman–Crippen MR) is 91.5 cm³/mol. The van der Waals surface area contributed by atoms with Gasteiger partial charge >= 0.3 is 0 Å². The highest BCUT2D eigenvalue weighted by Crippen LogP contribution is 2.36. The molecule has 2 heterocycles. The molecule has 6 nitrogen and oxygen atoms in total. The second-order valence-electron chi connectivity index (χ2n) is 5.29. The smallest absolute Gasteiger partial charge is 0.231 e. The van der Waals surface area contributed by atoms with Crippen LogP contribution in [0.5, 0.6) is 11.5 Å². The second-order valence-corrected chi connectivity index (χ2v) is 6.15. The SMILES string of the molecule is CCOCCCNC(=O)Cc1csc(-c2ccc3c(c2)OCO3)n1. The van der Waals surface area contributed by atoms with E-state index in [0.29, 0.717) is 19.8 Å². The minimum absolute atomic E-state index is 0.0194. The average molecular weight is 348 g/mol. The van der Waals surface area contributed by atoms with Gasteiger partial charge in [0, 0.05) is 30.7 Å². The summed E-state index contributed by atoms with van der Waals surface area (Å²) >= 11 is 1.52. The molecule has 0 radical (unpaired) electrons. The van der Waals surface area contributed by atoms with Crippen LogP contribution in [-0.2, 0) is 16.0 Å². The second kappa shape index (κ2) is 8.12. The van der Waals surface area contributed by atoms with Crippen molar-refractivity contribution in [3.05, 3.63) is 29.3 Å². The summed E-state index contributed by atoms with van der Waals surface area (Å²) in [6, 6.07) is 5.74. The van der Waals surface area contributed by atoms with E-state index < -0.39 is 0 Å². The third kappa shape index (κ3) is 4.24. The summed E-state index contributed by atoms with van der Waals surface area (Å²) in [7, 11) is 0. The molecule has 1 amide bonds. The van der Waals surface area contributed by atoms with Gasteiger partial charge in [0.1, 0.15) is 5.01 Å². The maximum atomic E-state index is 11.9. The van der Waals surface area contributed by atoms with Crippen molar-refractivity contribution in [1.29, 1.82) is 0 Å². The van der Waals surface area contributed by atoms with Gasteiger partial charge in [-0.25, -0.2) is 4.98 Å². The van der Waals surface area contributed by atoms with Gasteiger partial charge in [0.25, 0.3) is 0 Å². The summed E-state index contributed by atoms with van der Waals surface area (Å²) < 4.78 is 15.9. The van der Waals surface area contributed by atoms with Crippen LogP contribution in [0.4, 0.5) is 0 Å². The Kier molecular flexibility index (Phi) is 5.66. The normalized spacial score (nSPS) is 12.4. The summed E-state index contributed by atoms with van der Waals surface area (Å²) in [6.45, 7) is 4.21. The van der Waals surface area contributed by atoms with Gasteiger partial charge in [-0.3, -0.25) is 4.79 Å². The molecule has 0 spiro atoms. The fraction of sp³-hybridized carbons (Fsp3) is 0.412. The van der Waals surface area contributed by atoms with Crippen molar-refractivity contribution in [2.24, 2.45) is 0 Å². The Hall–Kier alpha value is -2.12. The molecule has 2 aromatic rings. The van der Waals surface area contributed by atoms with Crippen LogP contribution in [0.3, 0.4) is 0 Å². The highest BCUT2D eigenvalue weighted by atomic mass is 32.1. The Bertz CT molecular complexity index is 702. The van der Waals surface area contributed by atoms with E-state index in [1.807, 2.05) is 30.5 Å². The zero-order valence-electron chi connectivity index (χ0n) is 13.5. The molecule has 0 saturated carbocycles. The zero-order chi connectivity index (χ0) is 16.8. The number of benzene rings is 1. The first-order chi connectivity index (χ1) is 11.8. The molecule has 0 aliphatic carbocycles. The first-order valence-corrected chi connectivity index (χ1v) is 8.83. The lowest BCUT2D eigenvalue weighted by molar-refractivity contribution is -0.120. The van der Waals surface area contributed by atoms with Gasteiger partial charge in [-0.05, 0) is 31.5 Å². The summed E-state index contributed by atoms with van der Waals surface area (Å²) in [5, 5.41) is 5.67. The molecule has 1 aromatic carbocycles. The van der Waals surface area contributed by atoms with E-state index in [4.69, 9.17) is 14.2 Å². The van der Waals surface area contributed by atoms with Crippen LogP contribution in [-0.4, -0.2) is 37.4 Å². The van der Waals surface area contributed by atoms with E-state index in [-0.39, 0.29) is 19.1 Å². The number of nitrogens with one attached hydrogen (secondary N) is 1. The highest BCUT2D eigenvalue weighted by molar-refractivity contribution is 7.13. The summed E-state index contributed by atoms with van der Waals surface area (Å²) in [5.74, 6) is 1.47. The summed E-state index contributed by atoms with van der Waals surface area (Å²) in [5.41, 5.74) is 1.74. The number of amides is 1. The lowest BCUT2D eigenvalue weighted by Gasteiger charge is -2.04. The van der Waals surface area contributed by atoms with Crippen molar-refractivity contribution in [3.8, 4) is 22.1 Å². The number of fused-ring (bicyclic) bond motifs is 1. The molecular formula is C17H20N2O4S. The maximum absolute atomic E-state index is 11.9. The molecule has 3 rings (SSSR count). The van der Waals surface area contributed by atoms with Gasteiger partial charge in [-0.15, -0.1) is 11.3 Å². The van der Waals surface area contributed by atoms with Crippen LogP contribution >= 0.6 is 11.3 Å². The molecule has 1 aliphatic rings. The molecule has 0 atom stereocenters. The Balaban J connectivity index is 1.53. The number of hydrogen-bond acceptors (Lipinski definition) is 6. The molecule has 0 saturated heterocycles. The molecule has 24 heavy (non-hydrogen) atoms. The predicted octanol–water partition coefficient (Wildman–Crippen LogP) is 2.62. The molecule has 0 unspecified atom stereocenters. The van der Waals surface area contributed by atoms with Crippen molar-refractivity contribution in [3.63, 3.8) is 0 Å². The number of carbonyl (C=O) groups excluding carboxylic acids is 1. The van der Waals surface area contributed by atoms with Crippen LogP contribution in [0, 0.1) is 0 Å². The van der Waals surface area contributed by atoms with E-state index >= 15 is 0 Å². The number of rotatable bonds is 8. The topological polar surface area (TPSA) is 69.7 Å². The quantitative estimate of drug-likeness (QED) is 0.743. The third-order valence-electron chi connectivity index (χ3n) is 3.50. The average Bonchev–Trinajstić information content (AvgIpc) is 3.22. The molecule has 0 bridgehead atoms. The summed E-state index contributed by atoms with van der Waals surface area (Å²) in [6.07, 6.45) is 1.11. The van der Waals surface area contributed by atoms with Crippen molar-refractivity contribution in [1.82, 2.24) is 10.3 Å². The van der Waals surface area contributed by atoms with Gasteiger partial charge in [-0.1, -0.05) is 0 Å². The van der Waals surface area contributed by atoms with E-state index in [9.17, 15) is 4.79 Å². The number of hydrogen-bond donors (Lipinski definition) is 1. The van der Waals surface area contributed by atoms with E-state index in [1.165, 1.54) is 11.3 Å². The van der Waals surface area contributed by atoms with E-state index in [0.717, 1.165) is 34.2 Å². The largest absolute Gasteiger partial charge is 0.454 e. The lowest BCUT2D eigenvalue weighted by Crippen LogP contribution is -2.26. The highest BCUT2D eigenvalue weighted by Gasteiger charge is 2.15. The third-order valence-corrected chi connectivity index (χ3v) is 4.44. The maximum Gasteiger partial charge on any atom is 0.231 e. The van der Waals surface area contributed by atoms with Gasteiger partial charge in [0.15, 0.2) is 11.5 Å². The Morgan fingerprint density at radius 3 is 3.12 bits per heavy atom. The van der Waals surface area contributed by atoms with Crippen LogP contribution in [0.15, 0.2) is 23.6 Å². The van der Waals surface area contributed by atoms with Crippen molar-refractivity contribution in [2.75, 3.05) is 26.6 Å². The van der Waals surface area contributed by atoms with Crippen LogP contribution in [0.1, 0.15) is 19.0 Å². The van der Waals surface area contributed by atoms with Crippen LogP contribution in [0.2, 0.25) is 0 Å². The number of thiazole rings is 1. The van der Waals surface area contributed by atoms with Crippen molar-refractivity contribution >= 4 is 17.2 Å². The zero-order valence-corrected chi connectivity index (χ0v) is 14.4. The van der Waals surface area contributed by atoms with Crippen LogP contribution < -0.4 is 14.8 Å². The number of nitrogens with zero attached hydrogens (tertiary/aromatic N) is 1. The van der Waals surface area contributed by atoms with Gasteiger partial charge in [0.2, 0.25) is 12.7 Å². The summed E-state index contributed by atoms with van der Waals surface area (Å²) in [4.78, 5) is 16.5. The van der Waals surface area contributed by atoms with Gasteiger partial charge in [-0.2, -0.15) is 0 Å². The molecule has 1 aliphatic heterocycles. The number of ether oxygens (including phenoxy) is 3. The Morgan fingerprint density at radius 2 is 2.25 bits per heavy atom. The van der Waals surface area contributed by atoms with Crippen molar-refractivity contribution in [2.45, 2.75) is 19.8 Å². The standard InChI is InChI=1S/C17H20N2O4S/c1-2-21-7-3-6-18-16(20)9-13-10-24-17(19-13)12-4-5-14-15(8-12)23-11-22-14/h4-5,8,10H,2-3,6-7,9,11H2,1H3,(H,18,20). The molecule has 1 aromatic heterocycles. The Labute approximate surface area is 144 Å². The molecule has 0 fully saturated rings. The monoisotopic (exact) mass is 348 g/mol. The number of carbonyl (C=O) groups is 1. The Morgan fingerprint density at radius 1 is 1.38 bits per heavy atom. The van der Waals surface area contributed by atoms with Gasteiger partial charge < -0.3 is 19.5 Å². The fourth-order valence-corrected chi connectivity index (χ4v) is 3.14. The van der Waals surface area contributed by atoms with E-state index in [1.54, 1.807) is 0 Å². The molecule has 1 N–H and O–H groups in total. The first-order valence-electron chi connectivity index (χ1n) is 7.95. The molecule has 128 valence electrons. The van der Waals surface area contributed by atoms with Crippen LogP contribution in [0.25, 0.3) is 10.6 Å². The lowest BCUT2D eigenvalue weighted by atomic mass is 10.2. The first kappa shape index (κ1) is 16.7. The number of aromatic nitrogens is 1. The molecular weight excluding hydrogens is 328 g/mol. The van der Waals surface area contributed by atoms with Gasteiger partial charge in [0.05, 0.1) is 12.1 Å². The minimum atomic E-state index is -0.0194. The van der Waals surface area contributed by atoms with E-state index in [2.05, 4.69) is 10.3 Å².